The lowest BCUT2D eigenvalue weighted by Crippen LogP contribution is -2.22. The van der Waals surface area contributed by atoms with Crippen LogP contribution in [0.5, 0.6) is 11.5 Å². The highest BCUT2D eigenvalue weighted by molar-refractivity contribution is 8.03. The third-order valence-corrected chi connectivity index (χ3v) is 11.8. The monoisotopic (exact) mass is 632 g/mol. The number of furan rings is 2. The van der Waals surface area contributed by atoms with Gasteiger partial charge in [-0.2, -0.15) is 23.5 Å². The van der Waals surface area contributed by atoms with Crippen LogP contribution in [0.4, 0.5) is 0 Å². The van der Waals surface area contributed by atoms with Gasteiger partial charge in [-0.05, 0) is 71.2 Å². The minimum atomic E-state index is -0.0504. The number of phenols is 2. The van der Waals surface area contributed by atoms with Crippen LogP contribution < -0.4 is 0 Å². The van der Waals surface area contributed by atoms with Crippen molar-refractivity contribution in [2.24, 2.45) is 0 Å². The van der Waals surface area contributed by atoms with Crippen molar-refractivity contribution >= 4 is 23.5 Å². The molecule has 0 radical (unpaired) electrons. The molecule has 5 rings (SSSR count). The van der Waals surface area contributed by atoms with Gasteiger partial charge in [-0.3, -0.25) is 0 Å². The van der Waals surface area contributed by atoms with E-state index in [9.17, 15) is 10.2 Å². The van der Waals surface area contributed by atoms with Crippen LogP contribution in [0, 0.1) is 0 Å². The lowest BCUT2D eigenvalue weighted by Gasteiger charge is -2.30. The first-order valence-corrected chi connectivity index (χ1v) is 18.1. The summed E-state index contributed by atoms with van der Waals surface area (Å²) in [7, 11) is 0. The van der Waals surface area contributed by atoms with Crippen LogP contribution >= 0.6 is 23.5 Å². The number of aromatic hydroxyl groups is 2. The Bertz CT molecular complexity index is 1390. The maximum Gasteiger partial charge on any atom is 0.137 e. The zero-order valence-electron chi connectivity index (χ0n) is 27.1. The molecule has 2 N–H and O–H groups in total. The summed E-state index contributed by atoms with van der Waals surface area (Å²) in [5.74, 6) is 3.54. The zero-order valence-corrected chi connectivity index (χ0v) is 28.7. The van der Waals surface area contributed by atoms with E-state index in [1.807, 2.05) is 47.8 Å². The average molecular weight is 633 g/mol. The molecule has 236 valence electrons. The fourth-order valence-corrected chi connectivity index (χ4v) is 8.97. The Morgan fingerprint density at radius 3 is 1.39 bits per heavy atom. The molecule has 0 aliphatic heterocycles. The van der Waals surface area contributed by atoms with Gasteiger partial charge < -0.3 is 19.0 Å². The van der Waals surface area contributed by atoms with Crippen LogP contribution in [0.3, 0.4) is 0 Å². The van der Waals surface area contributed by atoms with Crippen LogP contribution in [0.1, 0.15) is 102 Å². The fourth-order valence-electron chi connectivity index (χ4n) is 5.91. The highest BCUT2D eigenvalue weighted by Gasteiger charge is 2.27. The van der Waals surface area contributed by atoms with E-state index < -0.39 is 0 Å². The van der Waals surface area contributed by atoms with E-state index in [0.29, 0.717) is 33.5 Å². The molecular weight excluding hydrogens is 585 g/mol. The zero-order chi connectivity index (χ0) is 31.5. The van der Waals surface area contributed by atoms with Gasteiger partial charge in [0.15, 0.2) is 0 Å². The third-order valence-electron chi connectivity index (χ3n) is 8.73. The Kier molecular flexibility index (Phi) is 10.2. The number of phenolic OH excluding ortho intramolecular Hbond substituents is 2. The van der Waals surface area contributed by atoms with Crippen LogP contribution in [0.2, 0.25) is 0 Å². The molecule has 44 heavy (non-hydrogen) atoms. The van der Waals surface area contributed by atoms with Gasteiger partial charge in [-0.15, -0.1) is 0 Å². The van der Waals surface area contributed by atoms with E-state index in [1.165, 1.54) is 49.7 Å². The van der Waals surface area contributed by atoms with E-state index >= 15 is 0 Å². The quantitative estimate of drug-likeness (QED) is 0.201. The molecule has 2 unspecified atom stereocenters. The topological polar surface area (TPSA) is 66.7 Å². The molecule has 1 saturated carbocycles. The van der Waals surface area contributed by atoms with Gasteiger partial charge in [0.25, 0.3) is 0 Å². The van der Waals surface area contributed by atoms with Crippen molar-refractivity contribution < 1.29 is 19.0 Å². The Balaban J connectivity index is 1.39. The molecule has 2 aromatic carbocycles. The normalized spacial score (nSPS) is 18.2. The SMILES string of the molecule is CC(C)(C)c1cc(CSC2CCCCCCC2SCc2cc(C(C)(C)C)cc(-c3ccco3)c2O)c(O)c(-c2ccco2)c1. The average Bonchev–Trinajstić information content (AvgIpc) is 3.68. The fraction of sp³-hybridized carbons (Fsp3) is 0.474. The van der Waals surface area contributed by atoms with Crippen molar-refractivity contribution in [2.75, 3.05) is 0 Å². The van der Waals surface area contributed by atoms with Crippen molar-refractivity contribution in [1.82, 2.24) is 0 Å². The molecule has 4 nitrogen and oxygen atoms in total. The molecule has 1 aliphatic rings. The second-order valence-corrected chi connectivity index (χ2v) is 16.7. The molecule has 0 saturated heterocycles. The molecule has 2 atom stereocenters. The maximum absolute atomic E-state index is 11.4. The summed E-state index contributed by atoms with van der Waals surface area (Å²) in [6.45, 7) is 13.3. The van der Waals surface area contributed by atoms with E-state index in [4.69, 9.17) is 8.83 Å². The second-order valence-electron chi connectivity index (χ2n) is 14.2. The minimum absolute atomic E-state index is 0.0504. The minimum Gasteiger partial charge on any atom is -0.507 e. The van der Waals surface area contributed by atoms with Gasteiger partial charge in [-0.1, -0.05) is 79.4 Å². The van der Waals surface area contributed by atoms with E-state index in [2.05, 4.69) is 65.8 Å². The summed E-state index contributed by atoms with van der Waals surface area (Å²) in [6.07, 6.45) is 10.7. The molecule has 6 heteroatoms. The molecule has 0 amide bonds. The number of benzene rings is 2. The summed E-state index contributed by atoms with van der Waals surface area (Å²) < 4.78 is 11.4. The highest BCUT2D eigenvalue weighted by atomic mass is 32.2. The molecule has 1 aliphatic carbocycles. The molecule has 1 fully saturated rings. The lowest BCUT2D eigenvalue weighted by atomic mass is 9.84. The van der Waals surface area contributed by atoms with E-state index in [-0.39, 0.29) is 10.8 Å². The third kappa shape index (κ3) is 7.74. The Hall–Kier alpha value is -2.70. The molecule has 2 heterocycles. The maximum atomic E-state index is 11.4. The number of thioether (sulfide) groups is 2. The molecule has 0 bridgehead atoms. The number of rotatable bonds is 8. The van der Waals surface area contributed by atoms with E-state index in [1.54, 1.807) is 12.5 Å². The first kappa shape index (κ1) is 32.7. The summed E-state index contributed by atoms with van der Waals surface area (Å²) in [4.78, 5) is 0. The van der Waals surface area contributed by atoms with Crippen molar-refractivity contribution in [3.05, 3.63) is 83.3 Å². The first-order valence-electron chi connectivity index (χ1n) is 16.0. The van der Waals surface area contributed by atoms with Crippen molar-refractivity contribution in [2.45, 2.75) is 113 Å². The summed E-state index contributed by atoms with van der Waals surface area (Å²) in [5, 5.41) is 23.7. The molecule has 4 aromatic rings. The van der Waals surface area contributed by atoms with Gasteiger partial charge in [0.05, 0.1) is 23.7 Å². The summed E-state index contributed by atoms with van der Waals surface area (Å²) in [6, 6.07) is 16.1. The highest BCUT2D eigenvalue weighted by Crippen LogP contribution is 2.44. The van der Waals surface area contributed by atoms with Gasteiger partial charge in [0.1, 0.15) is 23.0 Å². The Morgan fingerprint density at radius 1 is 0.636 bits per heavy atom. The molecule has 2 aromatic heterocycles. The summed E-state index contributed by atoms with van der Waals surface area (Å²) in [5.41, 5.74) is 5.77. The standard InChI is InChI=1S/C38H48O4S2/c1-37(2,3)27-19-25(35(39)29(21-27)31-13-11-17-41-31)23-43-33-15-9-7-8-10-16-34(33)44-24-26-20-28(38(4,5)6)22-30(36(26)40)32-14-12-18-42-32/h11-14,17-22,33-34,39-40H,7-10,15-16,23-24H2,1-6H3. The predicted octanol–water partition coefficient (Wildman–Crippen LogP) is 11.5. The lowest BCUT2D eigenvalue weighted by molar-refractivity contribution is 0.466. The van der Waals surface area contributed by atoms with Crippen LogP contribution in [-0.2, 0) is 22.3 Å². The smallest absolute Gasteiger partial charge is 0.137 e. The number of hydrogen-bond acceptors (Lipinski definition) is 6. The number of hydrogen-bond donors (Lipinski definition) is 2. The predicted molar refractivity (Wildman–Crippen MR) is 187 cm³/mol. The summed E-state index contributed by atoms with van der Waals surface area (Å²) >= 11 is 3.96. The van der Waals surface area contributed by atoms with Crippen LogP contribution in [0.25, 0.3) is 22.6 Å². The second kappa shape index (κ2) is 13.7. The van der Waals surface area contributed by atoms with Crippen molar-refractivity contribution in [1.29, 1.82) is 0 Å². The Labute approximate surface area is 272 Å². The van der Waals surface area contributed by atoms with Crippen LogP contribution in [-0.4, -0.2) is 20.7 Å². The van der Waals surface area contributed by atoms with Crippen molar-refractivity contribution in [3.8, 4) is 34.1 Å². The largest absolute Gasteiger partial charge is 0.507 e. The van der Waals surface area contributed by atoms with Crippen molar-refractivity contribution in [3.63, 3.8) is 0 Å². The van der Waals surface area contributed by atoms with Gasteiger partial charge in [0, 0.05) is 33.1 Å². The van der Waals surface area contributed by atoms with Gasteiger partial charge >= 0.3 is 0 Å². The molecule has 0 spiro atoms. The first-order chi connectivity index (χ1) is 20.9. The molecular formula is C38H48O4S2. The van der Waals surface area contributed by atoms with E-state index in [0.717, 1.165) is 33.8 Å². The Morgan fingerprint density at radius 2 is 1.05 bits per heavy atom. The van der Waals surface area contributed by atoms with Crippen LogP contribution in [0.15, 0.2) is 69.9 Å². The van der Waals surface area contributed by atoms with Gasteiger partial charge in [-0.25, -0.2) is 0 Å². The van der Waals surface area contributed by atoms with Gasteiger partial charge in [0.2, 0.25) is 0 Å².